The highest BCUT2D eigenvalue weighted by Gasteiger charge is 2.14. The number of amides is 2. The number of rotatable bonds is 5. The first kappa shape index (κ1) is 17.5. The van der Waals surface area contributed by atoms with E-state index >= 15 is 0 Å². The molecule has 2 aromatic carbocycles. The molecule has 136 valence electrons. The van der Waals surface area contributed by atoms with Crippen LogP contribution in [-0.2, 0) is 10.1 Å². The Morgan fingerprint density at radius 3 is 2.65 bits per heavy atom. The van der Waals surface area contributed by atoms with E-state index in [0.717, 1.165) is 6.26 Å². The summed E-state index contributed by atoms with van der Waals surface area (Å²) in [6.07, 6.45) is 0.963. The number of H-pyrrole nitrogens is 1. The molecule has 0 aliphatic heterocycles. The molecule has 0 unspecified atom stereocenters. The Hall–Kier alpha value is -3.27. The molecule has 1 heterocycles. The van der Waals surface area contributed by atoms with E-state index in [4.69, 9.17) is 14.7 Å². The van der Waals surface area contributed by atoms with Crippen molar-refractivity contribution in [1.29, 1.82) is 0 Å². The highest BCUT2D eigenvalue weighted by atomic mass is 32.2. The quantitative estimate of drug-likeness (QED) is 0.583. The van der Waals surface area contributed by atoms with E-state index in [1.54, 1.807) is 24.3 Å². The summed E-state index contributed by atoms with van der Waals surface area (Å²) in [5.74, 6) is 1.04. The Balaban J connectivity index is 2.01. The van der Waals surface area contributed by atoms with Crippen LogP contribution >= 0.6 is 0 Å². The smallest absolute Gasteiger partial charge is 0.316 e. The molecule has 0 radical (unpaired) electrons. The van der Waals surface area contributed by atoms with Crippen LogP contribution in [0.25, 0.3) is 22.4 Å². The number of nitrogens with zero attached hydrogens (tertiary/aromatic N) is 1. The van der Waals surface area contributed by atoms with E-state index in [-0.39, 0.29) is 5.75 Å². The minimum atomic E-state index is -3.64. The van der Waals surface area contributed by atoms with E-state index in [2.05, 4.69) is 15.3 Å². The van der Waals surface area contributed by atoms with Gasteiger partial charge in [-0.2, -0.15) is 8.42 Å². The Bertz CT molecular complexity index is 1090. The maximum Gasteiger partial charge on any atom is 0.316 e. The van der Waals surface area contributed by atoms with E-state index < -0.39 is 16.1 Å². The number of aromatic nitrogens is 2. The lowest BCUT2D eigenvalue weighted by atomic mass is 10.2. The number of hydrogen-bond donors (Lipinski definition) is 3. The van der Waals surface area contributed by atoms with Gasteiger partial charge in [-0.1, -0.05) is 0 Å². The number of aromatic amines is 1. The molecular formula is C16H16N4O5S. The van der Waals surface area contributed by atoms with Gasteiger partial charge in [-0.3, -0.25) is 0 Å². The molecule has 0 aliphatic carbocycles. The molecule has 10 heteroatoms. The van der Waals surface area contributed by atoms with Crippen LogP contribution in [0.5, 0.6) is 11.5 Å². The third-order valence-corrected chi connectivity index (χ3v) is 3.92. The number of hydrogen-bond acceptors (Lipinski definition) is 6. The number of urea groups is 1. The number of anilines is 1. The first-order valence-corrected chi connectivity index (χ1v) is 9.21. The van der Waals surface area contributed by atoms with Gasteiger partial charge in [-0.15, -0.1) is 0 Å². The predicted molar refractivity (Wildman–Crippen MR) is 96.8 cm³/mol. The molecule has 3 rings (SSSR count). The molecular weight excluding hydrogens is 360 g/mol. The van der Waals surface area contributed by atoms with Crippen LogP contribution in [0.1, 0.15) is 0 Å². The van der Waals surface area contributed by atoms with Gasteiger partial charge < -0.3 is 25.0 Å². The molecule has 2 amide bonds. The molecule has 0 bridgehead atoms. The van der Waals surface area contributed by atoms with Gasteiger partial charge in [0.2, 0.25) is 0 Å². The number of nitrogens with two attached hydrogens (primary N) is 1. The van der Waals surface area contributed by atoms with Gasteiger partial charge >= 0.3 is 16.1 Å². The maximum atomic E-state index is 11.3. The SMILES string of the molecule is COc1cc(OS(C)(=O)=O)ccc1-c1nc2ccc(NC(N)=O)cc2[nH]1. The average Bonchev–Trinajstić information content (AvgIpc) is 2.95. The highest BCUT2D eigenvalue weighted by molar-refractivity contribution is 7.86. The van der Waals surface area contributed by atoms with Gasteiger partial charge in [0.1, 0.15) is 17.3 Å². The number of primary amides is 1. The second kappa shape index (κ2) is 6.56. The van der Waals surface area contributed by atoms with Crippen molar-refractivity contribution in [1.82, 2.24) is 9.97 Å². The predicted octanol–water partition coefficient (Wildman–Crippen LogP) is 2.07. The van der Waals surface area contributed by atoms with Crippen LogP contribution in [0.3, 0.4) is 0 Å². The van der Waals surface area contributed by atoms with Gasteiger partial charge in [0.15, 0.2) is 0 Å². The van der Waals surface area contributed by atoms with E-state index in [1.165, 1.54) is 19.2 Å². The summed E-state index contributed by atoms with van der Waals surface area (Å²) >= 11 is 0. The number of imidazole rings is 1. The molecule has 3 aromatic rings. The summed E-state index contributed by atoms with van der Waals surface area (Å²) < 4.78 is 32.7. The van der Waals surface area contributed by atoms with Crippen LogP contribution < -0.4 is 20.0 Å². The molecule has 0 aliphatic rings. The molecule has 9 nitrogen and oxygen atoms in total. The standard InChI is InChI=1S/C16H16N4O5S/c1-24-14-8-10(25-26(2,22)23)4-5-11(14)15-19-12-6-3-9(18-16(17)21)7-13(12)20-15/h3-8H,1-2H3,(H,19,20)(H3,17,18,21). The van der Waals surface area contributed by atoms with Crippen LogP contribution in [0, 0.1) is 0 Å². The molecule has 26 heavy (non-hydrogen) atoms. The minimum Gasteiger partial charge on any atom is -0.496 e. The number of nitrogens with one attached hydrogen (secondary N) is 2. The summed E-state index contributed by atoms with van der Waals surface area (Å²) in [5, 5.41) is 2.49. The van der Waals surface area contributed by atoms with Gasteiger partial charge in [0.25, 0.3) is 0 Å². The lowest BCUT2D eigenvalue weighted by molar-refractivity contribution is 0.259. The number of carbonyl (C=O) groups excluding carboxylic acids is 1. The minimum absolute atomic E-state index is 0.136. The van der Waals surface area contributed by atoms with Gasteiger partial charge in [0, 0.05) is 11.8 Å². The summed E-state index contributed by atoms with van der Waals surface area (Å²) in [6.45, 7) is 0. The van der Waals surface area contributed by atoms with Crippen molar-refractivity contribution in [3.8, 4) is 22.9 Å². The number of fused-ring (bicyclic) bond motifs is 1. The molecule has 0 fully saturated rings. The molecule has 0 spiro atoms. The molecule has 0 atom stereocenters. The normalized spacial score (nSPS) is 11.3. The average molecular weight is 376 g/mol. The largest absolute Gasteiger partial charge is 0.496 e. The fourth-order valence-corrected chi connectivity index (χ4v) is 2.90. The zero-order valence-corrected chi connectivity index (χ0v) is 14.8. The van der Waals surface area contributed by atoms with E-state index in [1.807, 2.05) is 0 Å². The topological polar surface area (TPSA) is 136 Å². The number of carbonyl (C=O) groups is 1. The summed E-state index contributed by atoms with van der Waals surface area (Å²) in [5.41, 5.74) is 7.62. The number of methoxy groups -OCH3 is 1. The van der Waals surface area contributed by atoms with Crippen molar-refractivity contribution >= 4 is 32.9 Å². The first-order valence-electron chi connectivity index (χ1n) is 7.39. The second-order valence-corrected chi connectivity index (χ2v) is 7.03. The number of benzene rings is 2. The van der Waals surface area contributed by atoms with Crippen molar-refractivity contribution < 1.29 is 22.1 Å². The lowest BCUT2D eigenvalue weighted by Crippen LogP contribution is -2.19. The first-order chi connectivity index (χ1) is 12.2. The van der Waals surface area contributed by atoms with Gasteiger partial charge in [-0.05, 0) is 30.3 Å². The summed E-state index contributed by atoms with van der Waals surface area (Å²) in [7, 11) is -2.18. The van der Waals surface area contributed by atoms with Crippen LogP contribution in [-0.4, -0.2) is 37.8 Å². The molecule has 0 saturated carbocycles. The lowest BCUT2D eigenvalue weighted by Gasteiger charge is -2.09. The van der Waals surface area contributed by atoms with Crippen molar-refractivity contribution in [3.63, 3.8) is 0 Å². The molecule has 4 N–H and O–H groups in total. The van der Waals surface area contributed by atoms with E-state index in [9.17, 15) is 13.2 Å². The molecule has 1 aromatic heterocycles. The van der Waals surface area contributed by atoms with Crippen molar-refractivity contribution in [2.45, 2.75) is 0 Å². The fourth-order valence-electron chi connectivity index (χ4n) is 2.45. The second-order valence-electron chi connectivity index (χ2n) is 5.46. The Morgan fingerprint density at radius 2 is 2.00 bits per heavy atom. The van der Waals surface area contributed by atoms with Gasteiger partial charge in [-0.25, -0.2) is 9.78 Å². The Labute approximate surface area is 149 Å². The van der Waals surface area contributed by atoms with Gasteiger partial charge in [0.05, 0.1) is 30.0 Å². The van der Waals surface area contributed by atoms with Crippen molar-refractivity contribution in [2.75, 3.05) is 18.7 Å². The van der Waals surface area contributed by atoms with Crippen molar-refractivity contribution in [2.24, 2.45) is 5.73 Å². The summed E-state index contributed by atoms with van der Waals surface area (Å²) in [4.78, 5) is 18.6. The zero-order valence-electron chi connectivity index (χ0n) is 13.9. The monoisotopic (exact) mass is 376 g/mol. The van der Waals surface area contributed by atoms with Crippen molar-refractivity contribution in [3.05, 3.63) is 36.4 Å². The fraction of sp³-hybridized carbons (Fsp3) is 0.125. The third-order valence-electron chi connectivity index (χ3n) is 3.43. The highest BCUT2D eigenvalue weighted by Crippen LogP contribution is 2.33. The Morgan fingerprint density at radius 1 is 1.23 bits per heavy atom. The zero-order chi connectivity index (χ0) is 18.9. The van der Waals surface area contributed by atoms with Crippen LogP contribution in [0.4, 0.5) is 10.5 Å². The maximum absolute atomic E-state index is 11.3. The van der Waals surface area contributed by atoms with Crippen LogP contribution in [0.2, 0.25) is 0 Å². The Kier molecular flexibility index (Phi) is 4.43. The number of ether oxygens (including phenoxy) is 1. The molecule has 0 saturated heterocycles. The van der Waals surface area contributed by atoms with Crippen LogP contribution in [0.15, 0.2) is 36.4 Å². The third kappa shape index (κ3) is 3.86. The van der Waals surface area contributed by atoms with E-state index in [0.29, 0.717) is 33.9 Å². The summed E-state index contributed by atoms with van der Waals surface area (Å²) in [6, 6.07) is 9.05.